The molecule has 0 unspecified atom stereocenters. The highest BCUT2D eigenvalue weighted by Gasteiger charge is 1.34. The second-order valence-corrected chi connectivity index (χ2v) is 2.93. The Kier molecular flexibility index (Phi) is 4.14. The summed E-state index contributed by atoms with van der Waals surface area (Å²) in [6.07, 6.45) is 0. The van der Waals surface area contributed by atoms with Gasteiger partial charge in [0.1, 0.15) is 0 Å². The van der Waals surface area contributed by atoms with Crippen LogP contribution >= 0.6 is 20.7 Å². The average Bonchev–Trinajstić information content (AvgIpc) is 1.37. The van der Waals surface area contributed by atoms with Crippen LogP contribution in [0.15, 0.2) is 0 Å². The van der Waals surface area contributed by atoms with E-state index in [0.29, 0.717) is 20.7 Å². The molecule has 0 amide bonds. The Bertz CT molecular complexity index is 18.5. The van der Waals surface area contributed by atoms with Crippen molar-refractivity contribution in [2.45, 2.75) is 6.92 Å². The molecule has 0 saturated carbocycles. The van der Waals surface area contributed by atoms with E-state index >= 15 is 0 Å². The van der Waals surface area contributed by atoms with Crippen LogP contribution in [0.25, 0.3) is 0 Å². The van der Waals surface area contributed by atoms with Gasteiger partial charge in [0.05, 0.1) is 0 Å². The maximum atomic E-state index is 2.24. The Balaban J connectivity index is 2.55. The maximum absolute atomic E-state index is 2.24. The van der Waals surface area contributed by atoms with Crippen LogP contribution in [-0.2, 0) is 0 Å². The fourth-order valence-corrected chi connectivity index (χ4v) is 0. The van der Waals surface area contributed by atoms with Crippen molar-refractivity contribution in [2.24, 2.45) is 0 Å². The quantitative estimate of drug-likeness (QED) is 0.380. The summed E-state index contributed by atoms with van der Waals surface area (Å²) in [4.78, 5) is 2.24. The highest BCUT2D eigenvalue weighted by atomic mass is 127. The molecule has 4 heavy (non-hydrogen) atoms. The molecule has 0 heterocycles. The Labute approximate surface area is 37.0 Å². The smallest absolute Gasteiger partial charge is 0.0172 e. The van der Waals surface area contributed by atoms with Gasteiger partial charge in [0, 0.05) is 0 Å². The van der Waals surface area contributed by atoms with Gasteiger partial charge in [0.15, 0.2) is 0 Å². The first-order chi connectivity index (χ1) is 1.91. The highest BCUT2D eigenvalue weighted by molar-refractivity contribution is 14.2. The predicted molar refractivity (Wildman–Crippen MR) is 31.7 cm³/mol. The van der Waals surface area contributed by atoms with Crippen LogP contribution in [0.2, 0.25) is 0 Å². The average molecular weight is 170 g/mol. The van der Waals surface area contributed by atoms with Crippen molar-refractivity contribution in [2.75, 3.05) is 4.93 Å². The van der Waals surface area contributed by atoms with Gasteiger partial charge in [-0.05, 0) is 11.9 Å². The molecule has 0 saturated heterocycles. The van der Waals surface area contributed by atoms with Gasteiger partial charge < -0.3 is 0 Å². The fraction of sp³-hybridized carbons (Fsp3) is 0.667. The van der Waals surface area contributed by atoms with Crippen LogP contribution in [0, 0.1) is 0 Å². The van der Waals surface area contributed by atoms with Gasteiger partial charge in [0.25, 0.3) is 0 Å². The summed E-state index contributed by atoms with van der Waals surface area (Å²) in [5, 5.41) is 0. The van der Waals surface area contributed by atoms with Crippen molar-refractivity contribution >= 4 is 24.7 Å². The van der Waals surface area contributed by atoms with E-state index < -0.39 is 0 Å². The second-order valence-electron chi connectivity index (χ2n) is 0.436. The van der Waals surface area contributed by atoms with E-state index in [2.05, 4.69) is 15.9 Å². The molecule has 0 aliphatic carbocycles. The highest BCUT2D eigenvalue weighted by Crippen LogP contribution is 1.75. The Hall–Kier alpha value is 0.600. The molecule has 0 spiro atoms. The molecule has 0 aromatic carbocycles. The van der Waals surface area contributed by atoms with Crippen molar-refractivity contribution in [1.29, 1.82) is 0 Å². The first-order valence-electron chi connectivity index (χ1n) is 1.17. The topological polar surface area (TPSA) is 0 Å². The third-order valence-electron chi connectivity index (χ3n) is 0.218. The minimum atomic E-state index is 0.486. The number of halogens is 1. The van der Waals surface area contributed by atoms with E-state index in [1.165, 1.54) is 0 Å². The molecular weight excluding hydrogens is 163 g/mol. The lowest BCUT2D eigenvalue weighted by atomic mass is 11.0. The molecule has 0 bridgehead atoms. The maximum Gasteiger partial charge on any atom is -0.0172 e. The number of alkyl halides is 1. The van der Waals surface area contributed by atoms with Crippen LogP contribution < -0.4 is 0 Å². The molecule has 26 valence electrons. The molecule has 0 nitrogen and oxygen atoms in total. The molecule has 0 fully saturated rings. The molecule has 0 radical (unpaired) electrons. The Morgan fingerprint density at radius 3 is 2.00 bits per heavy atom. The van der Waals surface area contributed by atoms with Gasteiger partial charge in [0.2, 0.25) is 0 Å². The zero-order valence-electron chi connectivity index (χ0n) is 2.96. The van der Waals surface area contributed by atoms with Crippen LogP contribution in [-0.4, -0.2) is 8.94 Å². The summed E-state index contributed by atoms with van der Waals surface area (Å²) < 4.78 is 2.24. The normalized spacial score (nSPS) is 11.5. The third-order valence-corrected chi connectivity index (χ3v) is 1.46. The van der Waals surface area contributed by atoms with E-state index in [4.69, 9.17) is 0 Å². The van der Waals surface area contributed by atoms with E-state index in [0.717, 1.165) is 0 Å². The first kappa shape index (κ1) is 4.60. The molecule has 0 rings (SSSR count). The fourth-order valence-electron chi connectivity index (χ4n) is 0. The van der Waals surface area contributed by atoms with Gasteiger partial charge in [-0.2, -0.15) is 0 Å². The summed E-state index contributed by atoms with van der Waals surface area (Å²) in [7, 11) is 0. The molecule has 0 N–H and O–H groups in total. The van der Waals surface area contributed by atoms with Gasteiger partial charge in [-0.3, -0.25) is 0 Å². The number of rotatable bonds is 0. The summed E-state index contributed by atoms with van der Waals surface area (Å²) in [6, 6.07) is 0. The van der Waals surface area contributed by atoms with Crippen LogP contribution in [0.3, 0.4) is 0 Å². The standard InChI is InChI=1S/C3H7I/c1-3-4-2/h3H,1-2H3. The zero-order valence-corrected chi connectivity index (χ0v) is 5.11. The van der Waals surface area contributed by atoms with E-state index in [1.54, 1.807) is 0 Å². The minimum Gasteiger partial charge on any atom is -0.131 e. The monoisotopic (exact) mass is 170 g/mol. The number of hydrogen-bond acceptors (Lipinski definition) is 0. The number of hydrogen-bond donors (Lipinski definition) is 0. The van der Waals surface area contributed by atoms with Crippen LogP contribution in [0.1, 0.15) is 6.92 Å². The molecule has 0 aromatic rings. The summed E-state index contributed by atoms with van der Waals surface area (Å²) >= 11 is 0.486. The van der Waals surface area contributed by atoms with Crippen LogP contribution in [0.4, 0.5) is 0 Å². The Morgan fingerprint density at radius 2 is 2.00 bits per heavy atom. The van der Waals surface area contributed by atoms with Crippen molar-refractivity contribution < 1.29 is 0 Å². The van der Waals surface area contributed by atoms with Crippen molar-refractivity contribution in [3.63, 3.8) is 0 Å². The third kappa shape index (κ3) is 2.60. The molecular formula is C3H7I. The van der Waals surface area contributed by atoms with Crippen molar-refractivity contribution in [3.8, 4) is 0 Å². The van der Waals surface area contributed by atoms with E-state index in [1.807, 2.05) is 0 Å². The molecule has 0 atom stereocenters. The molecule has 0 aliphatic rings. The summed E-state index contributed by atoms with van der Waals surface area (Å²) in [5.41, 5.74) is 0. The first-order valence-corrected chi connectivity index (χ1v) is 4.58. The lowest BCUT2D eigenvalue weighted by molar-refractivity contribution is 2.15. The van der Waals surface area contributed by atoms with Gasteiger partial charge >= 0.3 is 0 Å². The van der Waals surface area contributed by atoms with Crippen molar-refractivity contribution in [3.05, 3.63) is 0 Å². The second kappa shape index (κ2) is 3.60. The molecule has 1 heteroatoms. The predicted octanol–water partition coefficient (Wildman–Crippen LogP) is 1.41. The Morgan fingerprint density at radius 1 is 1.75 bits per heavy atom. The van der Waals surface area contributed by atoms with Crippen LogP contribution in [0.5, 0.6) is 0 Å². The minimum absolute atomic E-state index is 0.486. The van der Waals surface area contributed by atoms with E-state index in [-0.39, 0.29) is 0 Å². The van der Waals surface area contributed by atoms with Crippen molar-refractivity contribution in [1.82, 2.24) is 0 Å². The molecule has 0 aliphatic heterocycles. The molecule has 0 aromatic heterocycles. The lowest BCUT2D eigenvalue weighted by Crippen LogP contribution is -1.33. The lowest BCUT2D eigenvalue weighted by Gasteiger charge is -1.49. The summed E-state index contributed by atoms with van der Waals surface area (Å²) in [6.45, 7) is 2.10. The largest absolute Gasteiger partial charge is 0.131 e. The van der Waals surface area contributed by atoms with E-state index in [9.17, 15) is 0 Å². The van der Waals surface area contributed by atoms with Gasteiger partial charge in [-0.15, -0.1) is 20.7 Å². The SMILES string of the molecule is C/C=I/C. The van der Waals surface area contributed by atoms with Gasteiger partial charge in [-0.1, -0.05) is 4.01 Å². The zero-order chi connectivity index (χ0) is 3.41. The van der Waals surface area contributed by atoms with Gasteiger partial charge in [-0.25, -0.2) is 0 Å². The summed E-state index contributed by atoms with van der Waals surface area (Å²) in [5.74, 6) is 0.